The van der Waals surface area contributed by atoms with Crippen molar-refractivity contribution in [3.63, 3.8) is 0 Å². The molecule has 0 aliphatic carbocycles. The molecule has 1 aliphatic heterocycles. The second-order valence-electron chi connectivity index (χ2n) is 6.58. The van der Waals surface area contributed by atoms with E-state index in [1.165, 1.54) is 30.5 Å². The molecule has 1 aliphatic rings. The Morgan fingerprint density at radius 3 is 2.67 bits per heavy atom. The molecule has 1 fully saturated rings. The Bertz CT molecular complexity index is 799. The van der Waals surface area contributed by atoms with Crippen LogP contribution in [0, 0.1) is 6.92 Å². The van der Waals surface area contributed by atoms with Gasteiger partial charge in [-0.15, -0.1) is 12.4 Å². The molecule has 1 aromatic heterocycles. The standard InChI is InChI=1S/C22H26N2O2.ClH/c1-3-26-22(25)20-10-6-5-9-18(20)11-12-19-15-21(17(2)16-23-19)24-13-7-4-8-14-24;/h5-6,9-12,15-16H,3-4,7-8,13-14H2,1-2H3;1H/b12-11-;. The van der Waals surface area contributed by atoms with Crippen LogP contribution in [0.2, 0.25) is 0 Å². The van der Waals surface area contributed by atoms with Crippen molar-refractivity contribution in [2.75, 3.05) is 24.6 Å². The zero-order valence-corrected chi connectivity index (χ0v) is 16.8. The molecular formula is C22H27ClN2O2. The Labute approximate surface area is 167 Å². The number of pyridine rings is 1. The summed E-state index contributed by atoms with van der Waals surface area (Å²) in [7, 11) is 0. The third-order valence-electron chi connectivity index (χ3n) is 4.68. The van der Waals surface area contributed by atoms with E-state index in [0.717, 1.165) is 24.3 Å². The number of benzene rings is 1. The number of anilines is 1. The summed E-state index contributed by atoms with van der Waals surface area (Å²) < 4.78 is 5.14. The second kappa shape index (κ2) is 10.1. The summed E-state index contributed by atoms with van der Waals surface area (Å²) in [6.45, 7) is 6.52. The molecule has 27 heavy (non-hydrogen) atoms. The number of rotatable bonds is 5. The van der Waals surface area contributed by atoms with Crippen LogP contribution < -0.4 is 4.90 Å². The first-order valence-electron chi connectivity index (χ1n) is 9.35. The highest BCUT2D eigenvalue weighted by molar-refractivity contribution is 5.94. The molecule has 5 heteroatoms. The van der Waals surface area contributed by atoms with E-state index in [1.807, 2.05) is 43.5 Å². The van der Waals surface area contributed by atoms with E-state index in [9.17, 15) is 4.79 Å². The molecule has 0 saturated carbocycles. The average Bonchev–Trinajstić information content (AvgIpc) is 2.68. The van der Waals surface area contributed by atoms with Crippen LogP contribution in [0.3, 0.4) is 0 Å². The first kappa shape index (κ1) is 21.0. The van der Waals surface area contributed by atoms with E-state index in [4.69, 9.17) is 4.74 Å². The third kappa shape index (κ3) is 5.33. The number of halogens is 1. The van der Waals surface area contributed by atoms with E-state index < -0.39 is 0 Å². The number of nitrogens with zero attached hydrogens (tertiary/aromatic N) is 2. The zero-order chi connectivity index (χ0) is 18.4. The normalized spacial score (nSPS) is 14.1. The fourth-order valence-electron chi connectivity index (χ4n) is 3.31. The number of ether oxygens (including phenoxy) is 1. The highest BCUT2D eigenvalue weighted by atomic mass is 35.5. The highest BCUT2D eigenvalue weighted by Crippen LogP contribution is 2.25. The first-order chi connectivity index (χ1) is 12.7. The van der Waals surface area contributed by atoms with E-state index >= 15 is 0 Å². The van der Waals surface area contributed by atoms with E-state index in [-0.39, 0.29) is 18.4 Å². The molecule has 0 spiro atoms. The molecule has 1 aromatic carbocycles. The molecule has 0 unspecified atom stereocenters. The molecular weight excluding hydrogens is 360 g/mol. The fourth-order valence-corrected chi connectivity index (χ4v) is 3.31. The SMILES string of the molecule is CCOC(=O)c1ccccc1/C=C\c1cc(N2CCCCC2)c(C)cn1.Cl. The van der Waals surface area contributed by atoms with Crippen LogP contribution in [-0.2, 0) is 4.74 Å². The predicted molar refractivity (Wildman–Crippen MR) is 114 cm³/mol. The van der Waals surface area contributed by atoms with Gasteiger partial charge in [0.2, 0.25) is 0 Å². The van der Waals surface area contributed by atoms with Crippen molar-refractivity contribution in [3.05, 3.63) is 58.9 Å². The third-order valence-corrected chi connectivity index (χ3v) is 4.68. The maximum atomic E-state index is 12.1. The lowest BCUT2D eigenvalue weighted by molar-refractivity contribution is 0.0526. The van der Waals surface area contributed by atoms with Crippen molar-refractivity contribution in [3.8, 4) is 0 Å². The molecule has 0 radical (unpaired) electrons. The average molecular weight is 387 g/mol. The van der Waals surface area contributed by atoms with Crippen molar-refractivity contribution in [2.24, 2.45) is 0 Å². The van der Waals surface area contributed by atoms with E-state index in [1.54, 1.807) is 6.07 Å². The summed E-state index contributed by atoms with van der Waals surface area (Å²) in [6, 6.07) is 9.62. The van der Waals surface area contributed by atoms with Crippen LogP contribution in [0.4, 0.5) is 5.69 Å². The smallest absolute Gasteiger partial charge is 0.338 e. The number of carbonyl (C=O) groups excluding carboxylic acids is 1. The number of aryl methyl sites for hydroxylation is 1. The van der Waals surface area contributed by atoms with Gasteiger partial charge in [-0.05, 0) is 62.4 Å². The summed E-state index contributed by atoms with van der Waals surface area (Å²) in [5, 5.41) is 0. The number of hydrogen-bond donors (Lipinski definition) is 0. The number of piperidine rings is 1. The molecule has 3 rings (SSSR count). The van der Waals surface area contributed by atoms with Crippen LogP contribution in [0.25, 0.3) is 12.2 Å². The summed E-state index contributed by atoms with van der Waals surface area (Å²) in [6.07, 6.45) is 9.65. The maximum absolute atomic E-state index is 12.1. The molecule has 0 atom stereocenters. The van der Waals surface area contributed by atoms with E-state index in [2.05, 4.69) is 22.9 Å². The minimum atomic E-state index is -0.293. The number of esters is 1. The van der Waals surface area contributed by atoms with Gasteiger partial charge in [0.25, 0.3) is 0 Å². The van der Waals surface area contributed by atoms with Crippen LogP contribution in [-0.4, -0.2) is 30.6 Å². The second-order valence-corrected chi connectivity index (χ2v) is 6.58. The van der Waals surface area contributed by atoms with Gasteiger partial charge in [0.1, 0.15) is 0 Å². The molecule has 0 amide bonds. The summed E-state index contributed by atoms with van der Waals surface area (Å²) in [4.78, 5) is 19.1. The summed E-state index contributed by atoms with van der Waals surface area (Å²) in [5.41, 5.74) is 4.78. The lowest BCUT2D eigenvalue weighted by atomic mass is 10.1. The fraction of sp³-hybridized carbons (Fsp3) is 0.364. The van der Waals surface area contributed by atoms with Gasteiger partial charge in [-0.2, -0.15) is 0 Å². The first-order valence-corrected chi connectivity index (χ1v) is 9.35. The maximum Gasteiger partial charge on any atom is 0.338 e. The molecule has 0 bridgehead atoms. The Balaban J connectivity index is 0.00000261. The molecule has 2 aromatic rings. The quantitative estimate of drug-likeness (QED) is 0.666. The lowest BCUT2D eigenvalue weighted by Crippen LogP contribution is -2.30. The molecule has 144 valence electrons. The van der Waals surface area contributed by atoms with Crippen molar-refractivity contribution in [1.82, 2.24) is 4.98 Å². The van der Waals surface area contributed by atoms with Crippen LogP contribution in [0.15, 0.2) is 36.5 Å². The van der Waals surface area contributed by atoms with Crippen molar-refractivity contribution >= 4 is 36.2 Å². The summed E-state index contributed by atoms with van der Waals surface area (Å²) in [5.74, 6) is -0.293. The van der Waals surface area contributed by atoms with Gasteiger partial charge < -0.3 is 9.64 Å². The Morgan fingerprint density at radius 2 is 1.93 bits per heavy atom. The lowest BCUT2D eigenvalue weighted by Gasteiger charge is -2.30. The zero-order valence-electron chi connectivity index (χ0n) is 16.0. The molecule has 4 nitrogen and oxygen atoms in total. The van der Waals surface area contributed by atoms with Crippen molar-refractivity contribution < 1.29 is 9.53 Å². The molecule has 1 saturated heterocycles. The Kier molecular flexibility index (Phi) is 7.86. The minimum Gasteiger partial charge on any atom is -0.462 e. The van der Waals surface area contributed by atoms with Gasteiger partial charge in [-0.1, -0.05) is 24.3 Å². The van der Waals surface area contributed by atoms with Gasteiger partial charge >= 0.3 is 5.97 Å². The Morgan fingerprint density at radius 1 is 1.19 bits per heavy atom. The van der Waals surface area contributed by atoms with Gasteiger partial charge in [-0.3, -0.25) is 4.98 Å². The van der Waals surface area contributed by atoms with Crippen LogP contribution in [0.1, 0.15) is 53.4 Å². The van der Waals surface area contributed by atoms with Gasteiger partial charge in [0, 0.05) is 25.0 Å². The van der Waals surface area contributed by atoms with E-state index in [0.29, 0.717) is 12.2 Å². The van der Waals surface area contributed by atoms with Crippen LogP contribution >= 0.6 is 12.4 Å². The van der Waals surface area contributed by atoms with Crippen LogP contribution in [0.5, 0.6) is 0 Å². The predicted octanol–water partition coefficient (Wildman–Crippen LogP) is 5.15. The monoisotopic (exact) mass is 386 g/mol. The highest BCUT2D eigenvalue weighted by Gasteiger charge is 2.14. The largest absolute Gasteiger partial charge is 0.462 e. The van der Waals surface area contributed by atoms with Crippen molar-refractivity contribution in [1.29, 1.82) is 0 Å². The topological polar surface area (TPSA) is 42.4 Å². The van der Waals surface area contributed by atoms with Gasteiger partial charge in [-0.25, -0.2) is 4.79 Å². The minimum absolute atomic E-state index is 0. The summed E-state index contributed by atoms with van der Waals surface area (Å²) >= 11 is 0. The number of hydrogen-bond acceptors (Lipinski definition) is 4. The number of aromatic nitrogens is 1. The van der Waals surface area contributed by atoms with Gasteiger partial charge in [0.15, 0.2) is 0 Å². The van der Waals surface area contributed by atoms with Crippen molar-refractivity contribution in [2.45, 2.75) is 33.1 Å². The Hall–Kier alpha value is -2.33. The molecule has 0 N–H and O–H groups in total. The molecule has 2 heterocycles. The van der Waals surface area contributed by atoms with Gasteiger partial charge in [0.05, 0.1) is 17.9 Å². The number of carbonyl (C=O) groups is 1.